The molecule has 0 heterocycles. The van der Waals surface area contributed by atoms with Crippen LogP contribution in [0.4, 0.5) is 8.78 Å². The molecule has 60 valence electrons. The fraction of sp³-hybridized carbons (Fsp3) is 1.00. The smallest absolute Gasteiger partial charge is 0.210 e. The average molecular weight is 148 g/mol. The largest absolute Gasteiger partial charge is 0.241 e. The molecule has 0 aromatic rings. The van der Waals surface area contributed by atoms with Crippen LogP contribution in [0.25, 0.3) is 0 Å². The summed E-state index contributed by atoms with van der Waals surface area (Å²) in [5.74, 6) is 0.295. The van der Waals surface area contributed by atoms with Crippen LogP contribution >= 0.6 is 0 Å². The second kappa shape index (κ2) is 3.31. The lowest BCUT2D eigenvalue weighted by Gasteiger charge is -2.07. The Morgan fingerprint density at radius 1 is 1.40 bits per heavy atom. The zero-order valence-electron chi connectivity index (χ0n) is 6.32. The van der Waals surface area contributed by atoms with Crippen molar-refractivity contribution in [3.05, 3.63) is 0 Å². The van der Waals surface area contributed by atoms with Crippen molar-refractivity contribution in [2.45, 2.75) is 39.0 Å². The summed E-state index contributed by atoms with van der Waals surface area (Å²) in [6, 6.07) is 0. The predicted molar refractivity (Wildman–Crippen MR) is 37.1 cm³/mol. The minimum atomic E-state index is -2.07. The molecule has 1 fully saturated rings. The van der Waals surface area contributed by atoms with Gasteiger partial charge in [-0.3, -0.25) is 0 Å². The van der Waals surface area contributed by atoms with Crippen molar-refractivity contribution in [1.82, 2.24) is 0 Å². The molecule has 0 nitrogen and oxygen atoms in total. The summed E-state index contributed by atoms with van der Waals surface area (Å²) in [4.78, 5) is 0. The van der Waals surface area contributed by atoms with Crippen molar-refractivity contribution in [2.75, 3.05) is 0 Å². The van der Waals surface area contributed by atoms with E-state index in [1.165, 1.54) is 0 Å². The van der Waals surface area contributed by atoms with Crippen LogP contribution in [0.3, 0.4) is 0 Å². The van der Waals surface area contributed by atoms with Crippen LogP contribution in [0, 0.1) is 11.8 Å². The first-order valence-electron chi connectivity index (χ1n) is 4.02. The van der Waals surface area contributed by atoms with Crippen LogP contribution in [0.15, 0.2) is 0 Å². The first-order chi connectivity index (χ1) is 4.74. The van der Waals surface area contributed by atoms with E-state index in [9.17, 15) is 8.78 Å². The van der Waals surface area contributed by atoms with Crippen LogP contribution in [-0.4, -0.2) is 6.43 Å². The maximum absolute atomic E-state index is 12.0. The van der Waals surface area contributed by atoms with Crippen molar-refractivity contribution < 1.29 is 8.78 Å². The molecule has 2 heteroatoms. The molecule has 1 rings (SSSR count). The van der Waals surface area contributed by atoms with Gasteiger partial charge in [0.05, 0.1) is 0 Å². The van der Waals surface area contributed by atoms with Gasteiger partial charge < -0.3 is 0 Å². The summed E-state index contributed by atoms with van der Waals surface area (Å²) in [5, 5.41) is 0. The minimum Gasteiger partial charge on any atom is -0.210 e. The van der Waals surface area contributed by atoms with Crippen LogP contribution in [0.2, 0.25) is 0 Å². The van der Waals surface area contributed by atoms with Crippen molar-refractivity contribution in [3.8, 4) is 0 Å². The molecular weight excluding hydrogens is 134 g/mol. The van der Waals surface area contributed by atoms with Gasteiger partial charge in [0.2, 0.25) is 6.43 Å². The zero-order chi connectivity index (χ0) is 7.56. The molecule has 0 spiro atoms. The van der Waals surface area contributed by atoms with Gasteiger partial charge in [0.15, 0.2) is 0 Å². The third-order valence-electron chi connectivity index (χ3n) is 2.52. The molecule has 0 aromatic heterocycles. The topological polar surface area (TPSA) is 0 Å². The number of hydrogen-bond donors (Lipinski definition) is 0. The van der Waals surface area contributed by atoms with Gasteiger partial charge in [-0.25, -0.2) is 8.78 Å². The molecule has 0 amide bonds. The van der Waals surface area contributed by atoms with Gasteiger partial charge in [-0.05, 0) is 25.2 Å². The molecule has 10 heavy (non-hydrogen) atoms. The molecule has 0 bridgehead atoms. The number of halogens is 2. The van der Waals surface area contributed by atoms with Gasteiger partial charge in [0, 0.05) is 5.92 Å². The van der Waals surface area contributed by atoms with Gasteiger partial charge >= 0.3 is 0 Å². The molecule has 2 atom stereocenters. The minimum absolute atomic E-state index is 0.287. The van der Waals surface area contributed by atoms with Crippen LogP contribution in [0.5, 0.6) is 0 Å². The molecule has 2 unspecified atom stereocenters. The second-order valence-corrected chi connectivity index (χ2v) is 3.18. The first-order valence-corrected chi connectivity index (χ1v) is 4.02. The molecule has 0 saturated heterocycles. The van der Waals surface area contributed by atoms with E-state index in [4.69, 9.17) is 0 Å². The lowest BCUT2D eigenvalue weighted by Crippen LogP contribution is -2.06. The molecule has 0 radical (unpaired) electrons. The summed E-state index contributed by atoms with van der Waals surface area (Å²) >= 11 is 0. The maximum atomic E-state index is 12.0. The third-order valence-corrected chi connectivity index (χ3v) is 2.52. The Labute approximate surface area is 60.6 Å². The van der Waals surface area contributed by atoms with Gasteiger partial charge in [0.25, 0.3) is 0 Å². The molecule has 1 saturated carbocycles. The summed E-state index contributed by atoms with van der Waals surface area (Å²) < 4.78 is 24.1. The molecule has 0 aliphatic heterocycles. The Bertz CT molecular complexity index is 101. The molecular formula is C8H14F2. The number of rotatable bonds is 2. The molecule has 0 N–H and O–H groups in total. The summed E-state index contributed by atoms with van der Waals surface area (Å²) in [5.41, 5.74) is 0. The average Bonchev–Trinajstić information content (AvgIpc) is 2.34. The third kappa shape index (κ3) is 1.68. The highest BCUT2D eigenvalue weighted by Gasteiger charge is 2.29. The Kier molecular flexibility index (Phi) is 2.64. The van der Waals surface area contributed by atoms with Crippen LogP contribution in [0.1, 0.15) is 32.6 Å². The highest BCUT2D eigenvalue weighted by atomic mass is 19.3. The molecule has 0 aromatic carbocycles. The first kappa shape index (κ1) is 7.96. The van der Waals surface area contributed by atoms with Gasteiger partial charge in [-0.2, -0.15) is 0 Å². The normalized spacial score (nSPS) is 33.6. The van der Waals surface area contributed by atoms with E-state index in [0.29, 0.717) is 5.92 Å². The Morgan fingerprint density at radius 3 is 2.40 bits per heavy atom. The Hall–Kier alpha value is -0.140. The maximum Gasteiger partial charge on any atom is 0.241 e. The number of hydrogen-bond acceptors (Lipinski definition) is 0. The monoisotopic (exact) mass is 148 g/mol. The van der Waals surface area contributed by atoms with E-state index in [2.05, 4.69) is 6.92 Å². The number of alkyl halides is 2. The van der Waals surface area contributed by atoms with Crippen molar-refractivity contribution in [1.29, 1.82) is 0 Å². The summed E-state index contributed by atoms with van der Waals surface area (Å²) in [6.45, 7) is 2.08. The Balaban J connectivity index is 2.28. The summed E-state index contributed by atoms with van der Waals surface area (Å²) in [6.07, 6.45) is 1.52. The van der Waals surface area contributed by atoms with E-state index in [-0.39, 0.29) is 5.92 Å². The summed E-state index contributed by atoms with van der Waals surface area (Å²) in [7, 11) is 0. The predicted octanol–water partition coefficient (Wildman–Crippen LogP) is 3.08. The van der Waals surface area contributed by atoms with Crippen molar-refractivity contribution >= 4 is 0 Å². The van der Waals surface area contributed by atoms with Gasteiger partial charge in [-0.15, -0.1) is 0 Å². The zero-order valence-corrected chi connectivity index (χ0v) is 6.32. The van der Waals surface area contributed by atoms with E-state index in [0.717, 1.165) is 25.7 Å². The van der Waals surface area contributed by atoms with E-state index < -0.39 is 6.43 Å². The van der Waals surface area contributed by atoms with Crippen LogP contribution < -0.4 is 0 Å². The second-order valence-electron chi connectivity index (χ2n) is 3.18. The van der Waals surface area contributed by atoms with Crippen molar-refractivity contribution in [3.63, 3.8) is 0 Å². The van der Waals surface area contributed by atoms with E-state index in [1.54, 1.807) is 0 Å². The van der Waals surface area contributed by atoms with E-state index >= 15 is 0 Å². The highest BCUT2D eigenvalue weighted by molar-refractivity contribution is 4.75. The molecule has 1 aliphatic carbocycles. The lowest BCUT2D eigenvalue weighted by molar-refractivity contribution is 0.0783. The lowest BCUT2D eigenvalue weighted by atomic mass is 10.0. The van der Waals surface area contributed by atoms with Crippen molar-refractivity contribution in [2.24, 2.45) is 11.8 Å². The molecule has 1 aliphatic rings. The quantitative estimate of drug-likeness (QED) is 0.564. The van der Waals surface area contributed by atoms with Crippen LogP contribution in [-0.2, 0) is 0 Å². The van der Waals surface area contributed by atoms with E-state index in [1.807, 2.05) is 0 Å². The Morgan fingerprint density at radius 2 is 2.10 bits per heavy atom. The fourth-order valence-corrected chi connectivity index (χ4v) is 1.71. The fourth-order valence-electron chi connectivity index (χ4n) is 1.71. The highest BCUT2D eigenvalue weighted by Crippen LogP contribution is 2.36. The SMILES string of the molecule is CCC1CCC(C(F)F)C1. The standard InChI is InChI=1S/C8H14F2/c1-2-6-3-4-7(5-6)8(9)10/h6-8H,2-5H2,1H3. The van der Waals surface area contributed by atoms with Gasteiger partial charge in [0.1, 0.15) is 0 Å². The van der Waals surface area contributed by atoms with Gasteiger partial charge in [-0.1, -0.05) is 13.3 Å².